The highest BCUT2D eigenvalue weighted by Crippen LogP contribution is 2.21. The summed E-state index contributed by atoms with van der Waals surface area (Å²) in [7, 11) is 0. The second-order valence-corrected chi connectivity index (χ2v) is 11.1. The van der Waals surface area contributed by atoms with Gasteiger partial charge in [-0.3, -0.25) is 19.2 Å². The van der Waals surface area contributed by atoms with E-state index in [1.54, 1.807) is 0 Å². The van der Waals surface area contributed by atoms with E-state index in [0.29, 0.717) is 25.8 Å². The molecule has 3 amide bonds. The van der Waals surface area contributed by atoms with Crippen LogP contribution in [0.1, 0.15) is 44.2 Å². The average molecular weight is 552 g/mol. The Labute approximate surface area is 235 Å². The zero-order valence-electron chi connectivity index (χ0n) is 23.2. The van der Waals surface area contributed by atoms with Crippen molar-refractivity contribution >= 4 is 23.7 Å². The third-order valence-corrected chi connectivity index (χ3v) is 7.13. The van der Waals surface area contributed by atoms with E-state index in [2.05, 4.69) is 10.6 Å². The van der Waals surface area contributed by atoms with E-state index in [1.807, 2.05) is 74.5 Å². The highest BCUT2D eigenvalue weighted by atomic mass is 16.4. The first-order chi connectivity index (χ1) is 19.0. The van der Waals surface area contributed by atoms with Crippen LogP contribution in [0.2, 0.25) is 0 Å². The molecule has 1 aliphatic heterocycles. The maximum atomic E-state index is 13.6. The fourth-order valence-corrected chi connectivity index (χ4v) is 4.93. The first-order valence-corrected chi connectivity index (χ1v) is 13.7. The number of carbonyl (C=O) groups is 4. The molecule has 0 aromatic heterocycles. The molecule has 1 fully saturated rings. The molecule has 0 aliphatic carbocycles. The topological polar surface area (TPSA) is 168 Å². The van der Waals surface area contributed by atoms with Crippen molar-refractivity contribution in [1.82, 2.24) is 15.5 Å². The van der Waals surface area contributed by atoms with Gasteiger partial charge >= 0.3 is 5.97 Å². The number of rotatable bonds is 12. The molecular formula is C30H41N5O5. The van der Waals surface area contributed by atoms with Gasteiger partial charge in [-0.2, -0.15) is 0 Å². The summed E-state index contributed by atoms with van der Waals surface area (Å²) in [4.78, 5) is 53.4. The molecule has 4 atom stereocenters. The minimum Gasteiger partial charge on any atom is -0.480 e. The van der Waals surface area contributed by atoms with Crippen LogP contribution >= 0.6 is 0 Å². The number of nitrogens with zero attached hydrogens (tertiary/aromatic N) is 1. The van der Waals surface area contributed by atoms with E-state index < -0.39 is 41.4 Å². The molecule has 0 spiro atoms. The summed E-state index contributed by atoms with van der Waals surface area (Å²) in [5.41, 5.74) is 12.5. The van der Waals surface area contributed by atoms with Gasteiger partial charge in [0.2, 0.25) is 17.7 Å². The zero-order chi connectivity index (χ0) is 29.3. The summed E-state index contributed by atoms with van der Waals surface area (Å²) in [6, 6.07) is 15.9. The van der Waals surface area contributed by atoms with E-state index in [1.165, 1.54) is 4.90 Å². The first-order valence-electron chi connectivity index (χ1n) is 13.7. The van der Waals surface area contributed by atoms with E-state index in [0.717, 1.165) is 11.1 Å². The summed E-state index contributed by atoms with van der Waals surface area (Å²) < 4.78 is 0. The van der Waals surface area contributed by atoms with Crippen LogP contribution in [0.3, 0.4) is 0 Å². The normalized spacial score (nSPS) is 19.4. The number of carbonyl (C=O) groups excluding carboxylic acids is 3. The molecule has 216 valence electrons. The summed E-state index contributed by atoms with van der Waals surface area (Å²) in [5, 5.41) is 15.2. The summed E-state index contributed by atoms with van der Waals surface area (Å²) in [5.74, 6) is -2.48. The number of nitrogens with one attached hydrogen (secondary N) is 2. The molecule has 10 heteroatoms. The van der Waals surface area contributed by atoms with Gasteiger partial charge in [-0.1, -0.05) is 74.5 Å². The van der Waals surface area contributed by atoms with Crippen molar-refractivity contribution in [2.75, 3.05) is 13.1 Å². The van der Waals surface area contributed by atoms with Crippen LogP contribution in [-0.4, -0.2) is 70.5 Å². The smallest absolute Gasteiger partial charge is 0.325 e. The zero-order valence-corrected chi connectivity index (χ0v) is 23.2. The fraction of sp³-hybridized carbons (Fsp3) is 0.467. The van der Waals surface area contributed by atoms with Gasteiger partial charge in [0, 0.05) is 19.5 Å². The number of hydrogen-bond donors (Lipinski definition) is 5. The van der Waals surface area contributed by atoms with Crippen molar-refractivity contribution in [1.29, 1.82) is 0 Å². The second-order valence-electron chi connectivity index (χ2n) is 11.1. The van der Waals surface area contributed by atoms with Gasteiger partial charge in [-0.25, -0.2) is 0 Å². The molecule has 7 N–H and O–H groups in total. The van der Waals surface area contributed by atoms with Gasteiger partial charge in [0.25, 0.3) is 0 Å². The van der Waals surface area contributed by atoms with Gasteiger partial charge in [0.15, 0.2) is 0 Å². The van der Waals surface area contributed by atoms with Gasteiger partial charge in [0.05, 0.1) is 6.04 Å². The Balaban J connectivity index is 1.77. The molecule has 10 nitrogen and oxygen atoms in total. The first kappa shape index (κ1) is 30.8. The number of nitrogens with two attached hydrogens (primary N) is 2. The number of hydrogen-bond acceptors (Lipinski definition) is 6. The Hall–Kier alpha value is -3.76. The molecule has 0 bridgehead atoms. The lowest BCUT2D eigenvalue weighted by atomic mass is 9.89. The monoisotopic (exact) mass is 551 g/mol. The Bertz CT molecular complexity index is 1160. The van der Waals surface area contributed by atoms with Gasteiger partial charge in [0.1, 0.15) is 17.6 Å². The highest BCUT2D eigenvalue weighted by molar-refractivity contribution is 5.93. The molecular weight excluding hydrogens is 510 g/mol. The molecule has 1 saturated heterocycles. The van der Waals surface area contributed by atoms with Crippen LogP contribution in [0, 0.1) is 5.92 Å². The van der Waals surface area contributed by atoms with Crippen molar-refractivity contribution in [3.63, 3.8) is 0 Å². The predicted molar refractivity (Wildman–Crippen MR) is 152 cm³/mol. The highest BCUT2D eigenvalue weighted by Gasteiger charge is 2.42. The van der Waals surface area contributed by atoms with Crippen LogP contribution in [0.4, 0.5) is 0 Å². The molecule has 3 rings (SSSR count). The summed E-state index contributed by atoms with van der Waals surface area (Å²) >= 11 is 0. The Morgan fingerprint density at radius 1 is 0.900 bits per heavy atom. The minimum atomic E-state index is -1.53. The number of carboxylic acid groups (broad SMARTS) is 1. The number of piperidine rings is 1. The van der Waals surface area contributed by atoms with Crippen molar-refractivity contribution in [3.8, 4) is 0 Å². The lowest BCUT2D eigenvalue weighted by Crippen LogP contribution is -2.63. The summed E-state index contributed by atoms with van der Waals surface area (Å²) in [6.45, 7) is 4.08. The predicted octanol–water partition coefficient (Wildman–Crippen LogP) is 1.22. The van der Waals surface area contributed by atoms with Crippen molar-refractivity contribution in [2.24, 2.45) is 17.4 Å². The number of likely N-dealkylation sites (tertiary alicyclic amines) is 1. The second kappa shape index (κ2) is 14.0. The molecule has 2 aromatic carbocycles. The maximum absolute atomic E-state index is 13.6. The molecule has 2 aromatic rings. The Morgan fingerprint density at radius 3 is 2.00 bits per heavy atom. The standard InChI is InChI=1S/C30H41N5O5/c1-20(2)16-25(28(38)35-15-9-14-30(32,19-35)29(39)40)34-27(37)24(18-22-12-7-4-8-13-22)33-26(36)23(31)17-21-10-5-3-6-11-21/h3-8,10-13,20,23-25H,9,14-19,31-32H2,1-2H3,(H,33,36)(H,34,37)(H,39,40)/t23-,24-,25+,30?/m0/s1. The third-order valence-electron chi connectivity index (χ3n) is 7.13. The lowest BCUT2D eigenvalue weighted by Gasteiger charge is -2.39. The van der Waals surface area contributed by atoms with Crippen LogP contribution in [-0.2, 0) is 32.0 Å². The average Bonchev–Trinajstić information content (AvgIpc) is 2.92. The largest absolute Gasteiger partial charge is 0.480 e. The third kappa shape index (κ3) is 8.62. The van der Waals surface area contributed by atoms with Gasteiger partial charge < -0.3 is 32.1 Å². The SMILES string of the molecule is CC(C)C[C@@H](NC(=O)[C@H](Cc1ccccc1)NC(=O)[C@@H](N)Cc1ccccc1)C(=O)N1CCCC(N)(C(=O)O)C1. The number of amides is 3. The Kier molecular flexibility index (Phi) is 10.8. The van der Waals surface area contributed by atoms with E-state index in [9.17, 15) is 24.3 Å². The lowest BCUT2D eigenvalue weighted by molar-refractivity contribution is -0.149. The van der Waals surface area contributed by atoms with Crippen molar-refractivity contribution in [2.45, 2.75) is 69.6 Å². The van der Waals surface area contributed by atoms with Crippen LogP contribution in [0.15, 0.2) is 60.7 Å². The van der Waals surface area contributed by atoms with Crippen molar-refractivity contribution < 1.29 is 24.3 Å². The van der Waals surface area contributed by atoms with E-state index >= 15 is 0 Å². The van der Waals surface area contributed by atoms with Crippen LogP contribution < -0.4 is 22.1 Å². The van der Waals surface area contributed by atoms with Crippen LogP contribution in [0.5, 0.6) is 0 Å². The summed E-state index contributed by atoms with van der Waals surface area (Å²) in [6.07, 6.45) is 1.56. The molecule has 40 heavy (non-hydrogen) atoms. The molecule has 0 radical (unpaired) electrons. The molecule has 1 unspecified atom stereocenters. The number of carboxylic acids is 1. The van der Waals surface area contributed by atoms with Gasteiger partial charge in [-0.15, -0.1) is 0 Å². The quantitative estimate of drug-likeness (QED) is 0.264. The van der Waals surface area contributed by atoms with E-state index in [-0.39, 0.29) is 31.2 Å². The minimum absolute atomic E-state index is 0.0580. The number of benzene rings is 2. The van der Waals surface area contributed by atoms with Crippen LogP contribution in [0.25, 0.3) is 0 Å². The number of aliphatic carboxylic acids is 1. The molecule has 1 aliphatic rings. The Morgan fingerprint density at radius 2 is 1.45 bits per heavy atom. The molecule has 0 saturated carbocycles. The maximum Gasteiger partial charge on any atom is 0.325 e. The fourth-order valence-electron chi connectivity index (χ4n) is 4.93. The van der Waals surface area contributed by atoms with Crippen molar-refractivity contribution in [3.05, 3.63) is 71.8 Å². The van der Waals surface area contributed by atoms with E-state index in [4.69, 9.17) is 11.5 Å². The molecule has 1 heterocycles. The van der Waals surface area contributed by atoms with Gasteiger partial charge in [-0.05, 0) is 42.7 Å².